The summed E-state index contributed by atoms with van der Waals surface area (Å²) in [4.78, 5) is 7.16. The number of aryl methyl sites for hydroxylation is 1. The van der Waals surface area contributed by atoms with Gasteiger partial charge < -0.3 is 15.2 Å². The number of likely N-dealkylation sites (tertiary alicyclic amines) is 1. The highest BCUT2D eigenvalue weighted by Crippen LogP contribution is 2.23. The molecule has 1 atom stereocenters. The molecule has 100 valence electrons. The van der Waals surface area contributed by atoms with Gasteiger partial charge in [0.2, 0.25) is 0 Å². The third-order valence-electron chi connectivity index (χ3n) is 4.31. The molecule has 2 aliphatic rings. The Balaban J connectivity index is 1.64. The van der Waals surface area contributed by atoms with Crippen LogP contribution in [-0.2, 0) is 12.8 Å². The maximum Gasteiger partial charge on any atom is 0.111 e. The number of piperidine rings is 1. The van der Waals surface area contributed by atoms with Crippen LogP contribution in [0.2, 0.25) is 0 Å². The van der Waals surface area contributed by atoms with Gasteiger partial charge in [-0.25, -0.2) is 4.98 Å². The average molecular weight is 248 g/mol. The first kappa shape index (κ1) is 12.2. The Morgan fingerprint density at radius 1 is 1.22 bits per heavy atom. The van der Waals surface area contributed by atoms with E-state index in [1.54, 1.807) is 0 Å². The molecule has 4 heteroatoms. The third kappa shape index (κ3) is 2.45. The van der Waals surface area contributed by atoms with E-state index >= 15 is 0 Å². The zero-order valence-electron chi connectivity index (χ0n) is 11.1. The van der Waals surface area contributed by atoms with Crippen LogP contribution in [0.1, 0.15) is 49.8 Å². The van der Waals surface area contributed by atoms with Crippen LogP contribution < -0.4 is 5.73 Å². The van der Waals surface area contributed by atoms with Crippen LogP contribution in [0.4, 0.5) is 0 Å². The van der Waals surface area contributed by atoms with Crippen LogP contribution in [0.3, 0.4) is 0 Å². The molecule has 2 N–H and O–H groups in total. The van der Waals surface area contributed by atoms with Crippen molar-refractivity contribution in [3.63, 3.8) is 0 Å². The Morgan fingerprint density at radius 3 is 2.89 bits per heavy atom. The fourth-order valence-corrected chi connectivity index (χ4v) is 3.28. The van der Waals surface area contributed by atoms with Crippen LogP contribution in [0.15, 0.2) is 6.20 Å². The number of imidazole rings is 1. The summed E-state index contributed by atoms with van der Waals surface area (Å²) in [5.74, 6) is 1.20. The SMILES string of the molecule is NC1CCCc2cnc(CCN3CCCCC3)n21. The van der Waals surface area contributed by atoms with Crippen LogP contribution >= 0.6 is 0 Å². The molecular formula is C14H24N4. The second-order valence-electron chi connectivity index (χ2n) is 5.65. The Hall–Kier alpha value is -0.870. The molecule has 1 aromatic rings. The Kier molecular flexibility index (Phi) is 3.66. The monoisotopic (exact) mass is 248 g/mol. The maximum absolute atomic E-state index is 6.21. The van der Waals surface area contributed by atoms with Crippen molar-refractivity contribution in [2.75, 3.05) is 19.6 Å². The highest BCUT2D eigenvalue weighted by Gasteiger charge is 2.20. The van der Waals surface area contributed by atoms with Gasteiger partial charge in [-0.3, -0.25) is 0 Å². The fourth-order valence-electron chi connectivity index (χ4n) is 3.28. The number of rotatable bonds is 3. The molecule has 3 rings (SSSR count). The zero-order chi connectivity index (χ0) is 12.4. The van der Waals surface area contributed by atoms with E-state index in [9.17, 15) is 0 Å². The van der Waals surface area contributed by atoms with Crippen molar-refractivity contribution < 1.29 is 0 Å². The molecule has 0 bridgehead atoms. The molecule has 0 aliphatic carbocycles. The van der Waals surface area contributed by atoms with E-state index in [1.807, 2.05) is 6.20 Å². The summed E-state index contributed by atoms with van der Waals surface area (Å²) in [7, 11) is 0. The summed E-state index contributed by atoms with van der Waals surface area (Å²) in [5.41, 5.74) is 7.55. The van der Waals surface area contributed by atoms with Gasteiger partial charge in [0.05, 0.1) is 6.17 Å². The lowest BCUT2D eigenvalue weighted by Gasteiger charge is -2.27. The molecular weight excluding hydrogens is 224 g/mol. The lowest BCUT2D eigenvalue weighted by Crippen LogP contribution is -2.33. The van der Waals surface area contributed by atoms with E-state index in [0.29, 0.717) is 0 Å². The van der Waals surface area contributed by atoms with Crippen LogP contribution in [0, 0.1) is 0 Å². The summed E-state index contributed by atoms with van der Waals surface area (Å²) in [6.07, 6.45) is 10.8. The summed E-state index contributed by atoms with van der Waals surface area (Å²) >= 11 is 0. The highest BCUT2D eigenvalue weighted by molar-refractivity contribution is 5.10. The van der Waals surface area contributed by atoms with Gasteiger partial charge in [0.15, 0.2) is 0 Å². The molecule has 0 amide bonds. The predicted octanol–water partition coefficient (Wildman–Crippen LogP) is 1.71. The highest BCUT2D eigenvalue weighted by atomic mass is 15.2. The molecule has 0 saturated carbocycles. The number of nitrogens with zero attached hydrogens (tertiary/aromatic N) is 3. The minimum atomic E-state index is 0.160. The molecule has 18 heavy (non-hydrogen) atoms. The topological polar surface area (TPSA) is 47.1 Å². The van der Waals surface area contributed by atoms with Crippen molar-refractivity contribution >= 4 is 0 Å². The Labute approximate surface area is 109 Å². The van der Waals surface area contributed by atoms with Gasteiger partial charge >= 0.3 is 0 Å². The molecule has 4 nitrogen and oxygen atoms in total. The van der Waals surface area contributed by atoms with Crippen molar-refractivity contribution in [3.8, 4) is 0 Å². The number of hydrogen-bond donors (Lipinski definition) is 1. The van der Waals surface area contributed by atoms with Crippen molar-refractivity contribution in [1.29, 1.82) is 0 Å². The van der Waals surface area contributed by atoms with Gasteiger partial charge in [-0.2, -0.15) is 0 Å². The number of hydrogen-bond acceptors (Lipinski definition) is 3. The van der Waals surface area contributed by atoms with Gasteiger partial charge in [-0.15, -0.1) is 0 Å². The van der Waals surface area contributed by atoms with Gasteiger partial charge in [-0.1, -0.05) is 6.42 Å². The van der Waals surface area contributed by atoms with Crippen molar-refractivity contribution in [3.05, 3.63) is 17.7 Å². The first-order valence-electron chi connectivity index (χ1n) is 7.37. The van der Waals surface area contributed by atoms with Crippen LogP contribution in [0.5, 0.6) is 0 Å². The van der Waals surface area contributed by atoms with Gasteiger partial charge in [-0.05, 0) is 45.2 Å². The van der Waals surface area contributed by atoms with Crippen molar-refractivity contribution in [2.24, 2.45) is 5.73 Å². The Morgan fingerprint density at radius 2 is 2.06 bits per heavy atom. The molecule has 0 spiro atoms. The molecule has 1 aromatic heterocycles. The normalized spacial score (nSPS) is 25.1. The molecule has 2 aliphatic heterocycles. The van der Waals surface area contributed by atoms with E-state index < -0.39 is 0 Å². The van der Waals surface area contributed by atoms with E-state index in [-0.39, 0.29) is 6.17 Å². The summed E-state index contributed by atoms with van der Waals surface area (Å²) < 4.78 is 2.29. The molecule has 0 radical (unpaired) electrons. The van der Waals surface area contributed by atoms with Gasteiger partial charge in [0.1, 0.15) is 5.82 Å². The predicted molar refractivity (Wildman–Crippen MR) is 72.4 cm³/mol. The molecule has 1 saturated heterocycles. The second-order valence-corrected chi connectivity index (χ2v) is 5.65. The molecule has 1 unspecified atom stereocenters. The lowest BCUT2D eigenvalue weighted by molar-refractivity contribution is 0.228. The van der Waals surface area contributed by atoms with Crippen molar-refractivity contribution in [1.82, 2.24) is 14.5 Å². The largest absolute Gasteiger partial charge is 0.316 e. The minimum absolute atomic E-state index is 0.160. The summed E-state index contributed by atoms with van der Waals surface area (Å²) in [6.45, 7) is 3.67. The maximum atomic E-state index is 6.21. The fraction of sp³-hybridized carbons (Fsp3) is 0.786. The Bertz CT molecular complexity index is 392. The van der Waals surface area contributed by atoms with Gasteiger partial charge in [0, 0.05) is 24.9 Å². The average Bonchev–Trinajstić information content (AvgIpc) is 2.82. The summed E-state index contributed by atoms with van der Waals surface area (Å²) in [6, 6.07) is 0. The molecule has 1 fully saturated rings. The minimum Gasteiger partial charge on any atom is -0.316 e. The number of aromatic nitrogens is 2. The zero-order valence-corrected chi connectivity index (χ0v) is 11.1. The van der Waals surface area contributed by atoms with E-state index in [4.69, 9.17) is 5.73 Å². The first-order chi connectivity index (χ1) is 8.84. The quantitative estimate of drug-likeness (QED) is 0.885. The van der Waals surface area contributed by atoms with E-state index in [1.165, 1.54) is 50.3 Å². The number of nitrogens with two attached hydrogens (primary N) is 1. The van der Waals surface area contributed by atoms with E-state index in [2.05, 4.69) is 14.5 Å². The van der Waals surface area contributed by atoms with Crippen LogP contribution in [0.25, 0.3) is 0 Å². The first-order valence-corrected chi connectivity index (χ1v) is 7.37. The molecule has 3 heterocycles. The smallest absolute Gasteiger partial charge is 0.111 e. The lowest BCUT2D eigenvalue weighted by atomic mass is 10.1. The third-order valence-corrected chi connectivity index (χ3v) is 4.31. The van der Waals surface area contributed by atoms with Crippen LogP contribution in [-0.4, -0.2) is 34.1 Å². The van der Waals surface area contributed by atoms with Crippen molar-refractivity contribution in [2.45, 2.75) is 51.1 Å². The van der Waals surface area contributed by atoms with Gasteiger partial charge in [0.25, 0.3) is 0 Å². The second kappa shape index (κ2) is 5.41. The summed E-state index contributed by atoms with van der Waals surface area (Å²) in [5, 5.41) is 0. The standard InChI is InChI=1S/C14H24N4/c15-13-6-4-5-12-11-16-14(18(12)13)7-10-17-8-2-1-3-9-17/h11,13H,1-10,15H2. The molecule has 0 aromatic carbocycles. The van der Waals surface area contributed by atoms with E-state index in [0.717, 1.165) is 25.8 Å². The number of fused-ring (bicyclic) bond motifs is 1.